The highest BCUT2D eigenvalue weighted by molar-refractivity contribution is 9.11. The minimum absolute atomic E-state index is 0.255. The maximum atomic E-state index is 12.7. The lowest BCUT2D eigenvalue weighted by Gasteiger charge is -2.35. The van der Waals surface area contributed by atoms with Gasteiger partial charge in [-0.05, 0) is 53.2 Å². The van der Waals surface area contributed by atoms with Crippen LogP contribution in [0.1, 0.15) is 12.8 Å². The van der Waals surface area contributed by atoms with Crippen LogP contribution < -0.4 is 0 Å². The van der Waals surface area contributed by atoms with Crippen molar-refractivity contribution in [1.82, 2.24) is 4.31 Å². The van der Waals surface area contributed by atoms with E-state index in [2.05, 4.69) is 37.9 Å². The van der Waals surface area contributed by atoms with Gasteiger partial charge in [-0.1, -0.05) is 15.9 Å². The number of hydrogen-bond donors (Lipinski definition) is 0. The van der Waals surface area contributed by atoms with Crippen molar-refractivity contribution in [1.29, 1.82) is 5.26 Å². The predicted octanol–water partition coefficient (Wildman–Crippen LogP) is 3.62. The molecule has 4 nitrogen and oxygen atoms in total. The summed E-state index contributed by atoms with van der Waals surface area (Å²) in [4.78, 5) is 0.255. The Hall–Kier alpha value is -0.0700. The van der Waals surface area contributed by atoms with Crippen molar-refractivity contribution >= 4 is 53.6 Å². The predicted molar refractivity (Wildman–Crippen MR) is 91.7 cm³/mol. The Kier molecular flexibility index (Phi) is 5.42. The summed E-state index contributed by atoms with van der Waals surface area (Å²) in [6.45, 7) is 0.741. The van der Waals surface area contributed by atoms with E-state index in [1.165, 1.54) is 16.1 Å². The van der Waals surface area contributed by atoms with Gasteiger partial charge in [0.2, 0.25) is 10.0 Å². The largest absolute Gasteiger partial charge is 0.244 e. The first-order valence-electron chi connectivity index (χ1n) is 6.26. The van der Waals surface area contributed by atoms with Crippen LogP contribution in [-0.2, 0) is 10.0 Å². The zero-order valence-corrected chi connectivity index (χ0v) is 16.1. The van der Waals surface area contributed by atoms with E-state index < -0.39 is 14.8 Å². The van der Waals surface area contributed by atoms with Gasteiger partial charge in [0.1, 0.15) is 4.75 Å². The Morgan fingerprint density at radius 1 is 1.33 bits per heavy atom. The summed E-state index contributed by atoms with van der Waals surface area (Å²) in [6.07, 6.45) is 3.00. The first-order valence-corrected chi connectivity index (χ1v) is 10.5. The fourth-order valence-corrected chi connectivity index (χ4v) is 5.85. The van der Waals surface area contributed by atoms with Crippen LogP contribution in [0.3, 0.4) is 0 Å². The Labute approximate surface area is 146 Å². The molecule has 0 aliphatic carbocycles. The van der Waals surface area contributed by atoms with E-state index in [-0.39, 0.29) is 4.90 Å². The molecule has 0 amide bonds. The van der Waals surface area contributed by atoms with Gasteiger partial charge in [0, 0.05) is 22.0 Å². The zero-order chi connectivity index (χ0) is 15.7. The van der Waals surface area contributed by atoms with Gasteiger partial charge in [-0.2, -0.15) is 9.57 Å². The summed E-state index contributed by atoms with van der Waals surface area (Å²) < 4.78 is 27.7. The Balaban J connectivity index is 2.27. The first-order chi connectivity index (χ1) is 9.84. The van der Waals surface area contributed by atoms with Gasteiger partial charge in [-0.3, -0.25) is 0 Å². The van der Waals surface area contributed by atoms with Crippen molar-refractivity contribution in [3.05, 3.63) is 27.1 Å². The molecule has 0 spiro atoms. The number of hydrogen-bond acceptors (Lipinski definition) is 4. The van der Waals surface area contributed by atoms with Gasteiger partial charge in [0.15, 0.2) is 0 Å². The Morgan fingerprint density at radius 2 is 1.95 bits per heavy atom. The van der Waals surface area contributed by atoms with E-state index in [1.807, 2.05) is 6.26 Å². The number of sulfonamides is 1. The van der Waals surface area contributed by atoms with E-state index in [0.29, 0.717) is 30.4 Å². The third kappa shape index (κ3) is 3.48. The maximum Gasteiger partial charge on any atom is 0.244 e. The molecular formula is C13H14Br2N2O2S2. The normalized spacial score (nSPS) is 19.1. The topological polar surface area (TPSA) is 61.2 Å². The average molecular weight is 454 g/mol. The number of piperidine rings is 1. The van der Waals surface area contributed by atoms with Gasteiger partial charge in [-0.25, -0.2) is 8.42 Å². The first kappa shape index (κ1) is 17.3. The molecule has 1 heterocycles. The van der Waals surface area contributed by atoms with Gasteiger partial charge >= 0.3 is 0 Å². The molecule has 1 aromatic carbocycles. The molecule has 0 atom stereocenters. The molecule has 114 valence electrons. The highest BCUT2D eigenvalue weighted by atomic mass is 79.9. The third-order valence-corrected chi connectivity index (χ3v) is 8.30. The van der Waals surface area contributed by atoms with Crippen molar-refractivity contribution < 1.29 is 8.42 Å². The standard InChI is InChI=1S/C13H14Br2N2O2S2/c1-20-13(9-16)4-6-17(7-5-13)21(18,19)12-8-10(14)2-3-11(12)15/h2-3,8H,4-7H2,1H3. The molecular weight excluding hydrogens is 440 g/mol. The fraction of sp³-hybridized carbons (Fsp3) is 0.462. The van der Waals surface area contributed by atoms with E-state index in [9.17, 15) is 13.7 Å². The van der Waals surface area contributed by atoms with Gasteiger partial charge in [0.05, 0.1) is 11.0 Å². The number of rotatable bonds is 3. The monoisotopic (exact) mass is 452 g/mol. The minimum Gasteiger partial charge on any atom is -0.207 e. The van der Waals surface area contributed by atoms with Crippen molar-refractivity contribution in [2.45, 2.75) is 22.5 Å². The third-order valence-electron chi connectivity index (χ3n) is 3.64. The minimum atomic E-state index is -3.54. The molecule has 1 aliphatic heterocycles. The molecule has 8 heteroatoms. The molecule has 0 N–H and O–H groups in total. The van der Waals surface area contributed by atoms with E-state index in [4.69, 9.17) is 0 Å². The summed E-state index contributed by atoms with van der Waals surface area (Å²) in [6, 6.07) is 7.42. The second-order valence-corrected chi connectivity index (χ2v) is 9.66. The number of nitriles is 1. The van der Waals surface area contributed by atoms with Crippen LogP contribution in [0.25, 0.3) is 0 Å². The molecule has 0 unspecified atom stereocenters. The van der Waals surface area contributed by atoms with Crippen LogP contribution in [-0.4, -0.2) is 36.8 Å². The van der Waals surface area contributed by atoms with E-state index in [0.717, 1.165) is 4.47 Å². The lowest BCUT2D eigenvalue weighted by molar-refractivity contribution is 0.327. The fourth-order valence-electron chi connectivity index (χ4n) is 2.26. The van der Waals surface area contributed by atoms with Crippen molar-refractivity contribution in [3.63, 3.8) is 0 Å². The lowest BCUT2D eigenvalue weighted by atomic mass is 9.99. The van der Waals surface area contributed by atoms with Crippen LogP contribution >= 0.6 is 43.6 Å². The molecule has 1 fully saturated rings. The van der Waals surface area contributed by atoms with Crippen molar-refractivity contribution in [3.8, 4) is 6.07 Å². The van der Waals surface area contributed by atoms with Gasteiger partial charge < -0.3 is 0 Å². The van der Waals surface area contributed by atoms with Crippen LogP contribution in [0.4, 0.5) is 0 Å². The molecule has 2 rings (SSSR count). The van der Waals surface area contributed by atoms with Crippen molar-refractivity contribution in [2.75, 3.05) is 19.3 Å². The van der Waals surface area contributed by atoms with Crippen LogP contribution in [0.5, 0.6) is 0 Å². The Bertz CT molecular complexity index is 678. The highest BCUT2D eigenvalue weighted by Gasteiger charge is 2.38. The second-order valence-electron chi connectivity index (χ2n) is 4.79. The molecule has 0 saturated carbocycles. The quantitative estimate of drug-likeness (QED) is 0.701. The lowest BCUT2D eigenvalue weighted by Crippen LogP contribution is -2.44. The second kappa shape index (κ2) is 6.59. The number of benzene rings is 1. The maximum absolute atomic E-state index is 12.7. The molecule has 1 aromatic rings. The number of halogens is 2. The highest BCUT2D eigenvalue weighted by Crippen LogP contribution is 2.36. The number of thioether (sulfide) groups is 1. The summed E-state index contributed by atoms with van der Waals surface area (Å²) in [7, 11) is -3.54. The number of nitrogens with zero attached hydrogens (tertiary/aromatic N) is 2. The smallest absolute Gasteiger partial charge is 0.207 e. The molecule has 1 aliphatic rings. The van der Waals surface area contributed by atoms with Gasteiger partial charge in [0.25, 0.3) is 0 Å². The molecule has 21 heavy (non-hydrogen) atoms. The molecule has 1 saturated heterocycles. The Morgan fingerprint density at radius 3 is 2.48 bits per heavy atom. The van der Waals surface area contributed by atoms with Crippen molar-refractivity contribution in [2.24, 2.45) is 0 Å². The van der Waals surface area contributed by atoms with Gasteiger partial charge in [-0.15, -0.1) is 11.8 Å². The average Bonchev–Trinajstić information content (AvgIpc) is 2.49. The SMILES string of the molecule is CSC1(C#N)CCN(S(=O)(=O)c2cc(Br)ccc2Br)CC1. The zero-order valence-electron chi connectivity index (χ0n) is 11.3. The summed E-state index contributed by atoms with van der Waals surface area (Å²) in [5.41, 5.74) is 0. The van der Waals surface area contributed by atoms with E-state index in [1.54, 1.807) is 18.2 Å². The summed E-state index contributed by atoms with van der Waals surface area (Å²) in [5, 5.41) is 9.28. The summed E-state index contributed by atoms with van der Waals surface area (Å²) in [5.74, 6) is 0. The summed E-state index contributed by atoms with van der Waals surface area (Å²) >= 11 is 8.11. The van der Waals surface area contributed by atoms with Crippen LogP contribution in [0.2, 0.25) is 0 Å². The molecule has 0 bridgehead atoms. The molecule has 0 aromatic heterocycles. The van der Waals surface area contributed by atoms with Crippen LogP contribution in [0.15, 0.2) is 32.0 Å². The van der Waals surface area contributed by atoms with Crippen LogP contribution in [0, 0.1) is 11.3 Å². The van der Waals surface area contributed by atoms with E-state index >= 15 is 0 Å². The molecule has 0 radical (unpaired) electrons.